The van der Waals surface area contributed by atoms with Gasteiger partial charge in [0.25, 0.3) is 0 Å². The van der Waals surface area contributed by atoms with Crippen molar-refractivity contribution < 1.29 is 19.1 Å². The quantitative estimate of drug-likeness (QED) is 0.847. The molecule has 1 heterocycles. The predicted octanol–water partition coefficient (Wildman–Crippen LogP) is 2.96. The summed E-state index contributed by atoms with van der Waals surface area (Å²) in [5.41, 5.74) is 1.21. The van der Waals surface area contributed by atoms with Crippen molar-refractivity contribution in [1.29, 1.82) is 0 Å². The molecule has 0 unspecified atom stereocenters. The van der Waals surface area contributed by atoms with Gasteiger partial charge in [-0.05, 0) is 51.3 Å². The molecule has 0 saturated carbocycles. The maximum absolute atomic E-state index is 12.1. The van der Waals surface area contributed by atoms with Gasteiger partial charge in [0.1, 0.15) is 5.60 Å². The van der Waals surface area contributed by atoms with Gasteiger partial charge in [0.2, 0.25) is 0 Å². The molecule has 0 aromatic heterocycles. The van der Waals surface area contributed by atoms with Gasteiger partial charge in [0, 0.05) is 25.7 Å². The molecule has 0 aliphatic carbocycles. The first kappa shape index (κ1) is 19.2. The van der Waals surface area contributed by atoms with E-state index in [2.05, 4.69) is 5.32 Å². The molecule has 0 spiro atoms. The second-order valence-corrected chi connectivity index (χ2v) is 7.31. The first-order valence-electron chi connectivity index (χ1n) is 8.67. The number of rotatable bonds is 4. The summed E-state index contributed by atoms with van der Waals surface area (Å²) in [5, 5.41) is 3.51. The molecule has 0 radical (unpaired) electrons. The predicted molar refractivity (Wildman–Crippen MR) is 95.5 cm³/mol. The third-order valence-corrected chi connectivity index (χ3v) is 4.12. The maximum atomic E-state index is 12.1. The van der Waals surface area contributed by atoms with E-state index < -0.39 is 5.60 Å². The lowest BCUT2D eigenvalue weighted by atomic mass is 10.0. The Morgan fingerprint density at radius 2 is 1.76 bits per heavy atom. The zero-order valence-electron chi connectivity index (χ0n) is 15.5. The molecule has 1 fully saturated rings. The number of benzene rings is 1. The number of esters is 1. The zero-order chi connectivity index (χ0) is 18.4. The van der Waals surface area contributed by atoms with Gasteiger partial charge in [0.05, 0.1) is 12.7 Å². The highest BCUT2D eigenvalue weighted by Crippen LogP contribution is 2.16. The highest BCUT2D eigenvalue weighted by atomic mass is 16.6. The fourth-order valence-corrected chi connectivity index (χ4v) is 2.73. The number of hydrogen-bond donors (Lipinski definition) is 1. The van der Waals surface area contributed by atoms with Crippen LogP contribution in [0.5, 0.6) is 0 Å². The number of hydrogen-bond acceptors (Lipinski definition) is 5. The summed E-state index contributed by atoms with van der Waals surface area (Å²) in [6.45, 7) is 7.78. The molecule has 1 saturated heterocycles. The molecule has 1 amide bonds. The number of piperidine rings is 1. The highest BCUT2D eigenvalue weighted by molar-refractivity contribution is 5.89. The summed E-state index contributed by atoms with van der Waals surface area (Å²) in [6, 6.07) is 7.77. The van der Waals surface area contributed by atoms with Crippen molar-refractivity contribution in [3.8, 4) is 0 Å². The van der Waals surface area contributed by atoms with Crippen molar-refractivity contribution in [1.82, 2.24) is 10.2 Å². The molecule has 0 bridgehead atoms. The van der Waals surface area contributed by atoms with Crippen molar-refractivity contribution in [2.24, 2.45) is 0 Å². The maximum Gasteiger partial charge on any atom is 0.410 e. The van der Waals surface area contributed by atoms with Gasteiger partial charge in [-0.15, -0.1) is 0 Å². The third kappa shape index (κ3) is 6.05. The lowest BCUT2D eigenvalue weighted by molar-refractivity contribution is 0.0198. The smallest absolute Gasteiger partial charge is 0.410 e. The van der Waals surface area contributed by atoms with E-state index in [1.54, 1.807) is 17.0 Å². The molecule has 2 rings (SSSR count). The van der Waals surface area contributed by atoms with Crippen molar-refractivity contribution in [3.05, 3.63) is 35.4 Å². The summed E-state index contributed by atoms with van der Waals surface area (Å²) >= 11 is 0. The monoisotopic (exact) mass is 348 g/mol. The van der Waals surface area contributed by atoms with Crippen LogP contribution in [0.3, 0.4) is 0 Å². The fourth-order valence-electron chi connectivity index (χ4n) is 2.73. The number of ether oxygens (including phenoxy) is 2. The third-order valence-electron chi connectivity index (χ3n) is 4.12. The standard InChI is InChI=1S/C19H28N2O4/c1-19(2,3)25-18(23)21-11-9-16(10-12-21)20-13-14-5-7-15(8-6-14)17(22)24-4/h5-8,16,20H,9-13H2,1-4H3. The van der Waals surface area contributed by atoms with E-state index in [0.717, 1.165) is 24.9 Å². The van der Waals surface area contributed by atoms with E-state index >= 15 is 0 Å². The molecule has 1 N–H and O–H groups in total. The van der Waals surface area contributed by atoms with E-state index in [4.69, 9.17) is 9.47 Å². The molecule has 6 heteroatoms. The van der Waals surface area contributed by atoms with Crippen LogP contribution >= 0.6 is 0 Å². The minimum Gasteiger partial charge on any atom is -0.465 e. The van der Waals surface area contributed by atoms with Gasteiger partial charge in [-0.1, -0.05) is 12.1 Å². The van der Waals surface area contributed by atoms with Crippen molar-refractivity contribution in [2.75, 3.05) is 20.2 Å². The number of nitrogens with zero attached hydrogens (tertiary/aromatic N) is 1. The van der Waals surface area contributed by atoms with E-state index in [1.807, 2.05) is 32.9 Å². The van der Waals surface area contributed by atoms with Gasteiger partial charge in [-0.3, -0.25) is 0 Å². The molecular weight excluding hydrogens is 320 g/mol. The Hall–Kier alpha value is -2.08. The van der Waals surface area contributed by atoms with Crippen LogP contribution in [0.15, 0.2) is 24.3 Å². The van der Waals surface area contributed by atoms with Gasteiger partial charge >= 0.3 is 12.1 Å². The van der Waals surface area contributed by atoms with Crippen LogP contribution in [0, 0.1) is 0 Å². The van der Waals surface area contributed by atoms with Gasteiger partial charge in [-0.25, -0.2) is 9.59 Å². The molecule has 6 nitrogen and oxygen atoms in total. The van der Waals surface area contributed by atoms with Gasteiger partial charge < -0.3 is 19.7 Å². The minimum absolute atomic E-state index is 0.232. The summed E-state index contributed by atoms with van der Waals surface area (Å²) in [7, 11) is 1.38. The number of amides is 1. The van der Waals surface area contributed by atoms with E-state index in [0.29, 0.717) is 24.7 Å². The van der Waals surface area contributed by atoms with Crippen molar-refractivity contribution >= 4 is 12.1 Å². The number of likely N-dealkylation sites (tertiary alicyclic amines) is 1. The number of carbonyl (C=O) groups excluding carboxylic acids is 2. The molecule has 0 atom stereocenters. The Bertz CT molecular complexity index is 584. The number of nitrogens with one attached hydrogen (secondary N) is 1. The topological polar surface area (TPSA) is 67.9 Å². The zero-order valence-corrected chi connectivity index (χ0v) is 15.5. The van der Waals surface area contributed by atoms with Crippen LogP contribution in [0.25, 0.3) is 0 Å². The summed E-state index contributed by atoms with van der Waals surface area (Å²) in [5.74, 6) is -0.325. The normalized spacial score (nSPS) is 15.8. The van der Waals surface area contributed by atoms with Crippen LogP contribution in [0.2, 0.25) is 0 Å². The second-order valence-electron chi connectivity index (χ2n) is 7.31. The Balaban J connectivity index is 1.75. The highest BCUT2D eigenvalue weighted by Gasteiger charge is 2.26. The Morgan fingerprint density at radius 1 is 1.16 bits per heavy atom. The van der Waals surface area contributed by atoms with Crippen LogP contribution in [-0.4, -0.2) is 48.8 Å². The summed E-state index contributed by atoms with van der Waals surface area (Å²) < 4.78 is 10.1. The van der Waals surface area contributed by atoms with E-state index in [1.165, 1.54) is 7.11 Å². The Morgan fingerprint density at radius 3 is 2.28 bits per heavy atom. The molecule has 1 aromatic carbocycles. The van der Waals surface area contributed by atoms with E-state index in [-0.39, 0.29) is 12.1 Å². The minimum atomic E-state index is -0.456. The van der Waals surface area contributed by atoms with Crippen LogP contribution in [0.4, 0.5) is 4.79 Å². The largest absolute Gasteiger partial charge is 0.465 e. The number of methoxy groups -OCH3 is 1. The molecule has 1 aliphatic heterocycles. The molecule has 138 valence electrons. The molecule has 25 heavy (non-hydrogen) atoms. The number of carbonyl (C=O) groups is 2. The Labute approximate surface area is 149 Å². The lowest BCUT2D eigenvalue weighted by Crippen LogP contribution is -2.46. The van der Waals surface area contributed by atoms with Gasteiger partial charge in [0.15, 0.2) is 0 Å². The Kier molecular flexibility index (Phi) is 6.42. The second kappa shape index (κ2) is 8.34. The molecule has 1 aliphatic rings. The van der Waals surface area contributed by atoms with Crippen LogP contribution < -0.4 is 5.32 Å². The van der Waals surface area contributed by atoms with E-state index in [9.17, 15) is 9.59 Å². The lowest BCUT2D eigenvalue weighted by Gasteiger charge is -2.33. The first-order valence-corrected chi connectivity index (χ1v) is 8.67. The average Bonchev–Trinajstić information content (AvgIpc) is 2.58. The summed E-state index contributed by atoms with van der Waals surface area (Å²) in [4.78, 5) is 25.3. The molecule has 1 aromatic rings. The average molecular weight is 348 g/mol. The van der Waals surface area contributed by atoms with Crippen molar-refractivity contribution in [2.45, 2.75) is 51.8 Å². The fraction of sp³-hybridized carbons (Fsp3) is 0.579. The van der Waals surface area contributed by atoms with Crippen LogP contribution in [0.1, 0.15) is 49.5 Å². The van der Waals surface area contributed by atoms with Crippen molar-refractivity contribution in [3.63, 3.8) is 0 Å². The van der Waals surface area contributed by atoms with Gasteiger partial charge in [-0.2, -0.15) is 0 Å². The van der Waals surface area contributed by atoms with Crippen LogP contribution in [-0.2, 0) is 16.0 Å². The summed E-state index contributed by atoms with van der Waals surface area (Å²) in [6.07, 6.45) is 1.57. The SMILES string of the molecule is COC(=O)c1ccc(CNC2CCN(C(=O)OC(C)(C)C)CC2)cc1. The molecular formula is C19H28N2O4. The first-order chi connectivity index (χ1) is 11.8.